The van der Waals surface area contributed by atoms with Crippen LogP contribution in [-0.4, -0.2) is 16.0 Å². The summed E-state index contributed by atoms with van der Waals surface area (Å²) in [7, 11) is 0. The van der Waals surface area contributed by atoms with Crippen LogP contribution in [0.4, 0.5) is 0 Å². The predicted octanol–water partition coefficient (Wildman–Crippen LogP) is 4.63. The first-order valence-corrected chi connectivity index (χ1v) is 9.11. The molecule has 2 heteroatoms. The van der Waals surface area contributed by atoms with Gasteiger partial charge in [-0.15, -0.1) is 0 Å². The van der Waals surface area contributed by atoms with Crippen LogP contribution in [0.25, 0.3) is 0 Å². The van der Waals surface area contributed by atoms with E-state index in [1.807, 2.05) is 0 Å². The Morgan fingerprint density at radius 2 is 1.45 bits per heavy atom. The van der Waals surface area contributed by atoms with Crippen LogP contribution in [0.3, 0.4) is 0 Å². The van der Waals surface area contributed by atoms with Crippen LogP contribution in [-0.2, 0) is 0 Å². The second-order valence-corrected chi connectivity index (χ2v) is 7.26. The molecule has 0 radical (unpaired) electrons. The summed E-state index contributed by atoms with van der Waals surface area (Å²) in [5, 5.41) is 21.9. The van der Waals surface area contributed by atoms with Crippen molar-refractivity contribution in [2.24, 2.45) is 17.8 Å². The maximum absolute atomic E-state index is 10.9. The van der Waals surface area contributed by atoms with Gasteiger partial charge < -0.3 is 10.2 Å². The fourth-order valence-corrected chi connectivity index (χ4v) is 4.59. The number of hydrogen-bond donors (Lipinski definition) is 2. The van der Waals surface area contributed by atoms with E-state index in [9.17, 15) is 10.2 Å². The Morgan fingerprint density at radius 3 is 2.00 bits per heavy atom. The van der Waals surface area contributed by atoms with Crippen molar-refractivity contribution in [2.75, 3.05) is 0 Å². The molecule has 118 valence electrons. The van der Waals surface area contributed by atoms with E-state index in [4.69, 9.17) is 0 Å². The van der Waals surface area contributed by atoms with Crippen LogP contribution in [0.5, 0.6) is 0 Å². The average Bonchev–Trinajstić information content (AvgIpc) is 2.49. The summed E-state index contributed by atoms with van der Waals surface area (Å²) >= 11 is 0. The van der Waals surface area contributed by atoms with E-state index in [2.05, 4.69) is 6.92 Å². The molecule has 1 atom stereocenters. The van der Waals surface area contributed by atoms with Crippen LogP contribution in [0.1, 0.15) is 90.4 Å². The van der Waals surface area contributed by atoms with Crippen molar-refractivity contribution in [2.45, 2.75) is 96.2 Å². The lowest BCUT2D eigenvalue weighted by Crippen LogP contribution is -2.49. The molecule has 2 nitrogen and oxygen atoms in total. The third kappa shape index (κ3) is 3.98. The summed E-state index contributed by atoms with van der Waals surface area (Å²) in [6.07, 6.45) is 15.3. The van der Waals surface area contributed by atoms with E-state index in [0.717, 1.165) is 32.1 Å². The molecule has 0 spiro atoms. The van der Waals surface area contributed by atoms with E-state index in [1.54, 1.807) is 0 Å². The molecule has 20 heavy (non-hydrogen) atoms. The fraction of sp³-hybridized carbons (Fsp3) is 1.00. The Labute approximate surface area is 125 Å². The smallest absolute Gasteiger partial charge is 0.168 e. The van der Waals surface area contributed by atoms with Gasteiger partial charge in [-0.1, -0.05) is 58.3 Å². The van der Waals surface area contributed by atoms with E-state index in [1.165, 1.54) is 51.4 Å². The van der Waals surface area contributed by atoms with Crippen molar-refractivity contribution in [3.63, 3.8) is 0 Å². The minimum Gasteiger partial charge on any atom is -0.365 e. The quantitative estimate of drug-likeness (QED) is 0.697. The summed E-state index contributed by atoms with van der Waals surface area (Å²) in [4.78, 5) is 0. The Hall–Kier alpha value is -0.0800. The molecule has 0 heterocycles. The SMILES string of the molecule is CCCCC(C1CCCCC1)C(O)(O)C1CCCCC1. The van der Waals surface area contributed by atoms with Gasteiger partial charge in [0.1, 0.15) is 0 Å². The highest BCUT2D eigenvalue weighted by Crippen LogP contribution is 2.44. The van der Waals surface area contributed by atoms with Gasteiger partial charge in [-0.3, -0.25) is 0 Å². The van der Waals surface area contributed by atoms with Crippen LogP contribution in [0.2, 0.25) is 0 Å². The van der Waals surface area contributed by atoms with Crippen molar-refractivity contribution in [3.8, 4) is 0 Å². The number of hydrogen-bond acceptors (Lipinski definition) is 2. The van der Waals surface area contributed by atoms with Crippen LogP contribution in [0, 0.1) is 17.8 Å². The normalized spacial score (nSPS) is 24.8. The van der Waals surface area contributed by atoms with Crippen molar-refractivity contribution in [1.29, 1.82) is 0 Å². The highest BCUT2D eigenvalue weighted by molar-refractivity contribution is 4.89. The van der Waals surface area contributed by atoms with Crippen molar-refractivity contribution in [1.82, 2.24) is 0 Å². The maximum Gasteiger partial charge on any atom is 0.168 e. The summed E-state index contributed by atoms with van der Waals surface area (Å²) in [5.74, 6) is -0.615. The van der Waals surface area contributed by atoms with Crippen LogP contribution in [0.15, 0.2) is 0 Å². The van der Waals surface area contributed by atoms with Crippen molar-refractivity contribution in [3.05, 3.63) is 0 Å². The van der Waals surface area contributed by atoms with Gasteiger partial charge in [0.25, 0.3) is 0 Å². The molecule has 2 N–H and O–H groups in total. The molecule has 0 aromatic rings. The first-order valence-electron chi connectivity index (χ1n) is 9.11. The van der Waals surface area contributed by atoms with Crippen LogP contribution >= 0.6 is 0 Å². The zero-order chi connectivity index (χ0) is 14.4. The third-order valence-corrected chi connectivity index (χ3v) is 5.84. The lowest BCUT2D eigenvalue weighted by atomic mass is 9.68. The Kier molecular flexibility index (Phi) is 6.35. The second kappa shape index (κ2) is 7.79. The number of unbranched alkanes of at least 4 members (excludes halogenated alkanes) is 1. The Bertz CT molecular complexity index is 263. The molecule has 0 amide bonds. The summed E-state index contributed by atoms with van der Waals surface area (Å²) < 4.78 is 0. The molecule has 0 saturated heterocycles. The van der Waals surface area contributed by atoms with Gasteiger partial charge in [-0.25, -0.2) is 0 Å². The Morgan fingerprint density at radius 1 is 0.900 bits per heavy atom. The Balaban J connectivity index is 2.05. The molecule has 2 aliphatic carbocycles. The highest BCUT2D eigenvalue weighted by Gasteiger charge is 2.45. The van der Waals surface area contributed by atoms with Gasteiger partial charge in [0.15, 0.2) is 5.79 Å². The first-order chi connectivity index (χ1) is 9.66. The summed E-state index contributed by atoms with van der Waals surface area (Å²) in [6.45, 7) is 2.20. The van der Waals surface area contributed by atoms with Gasteiger partial charge in [0, 0.05) is 11.8 Å². The molecule has 2 fully saturated rings. The summed E-state index contributed by atoms with van der Waals surface area (Å²) in [6, 6.07) is 0. The van der Waals surface area contributed by atoms with Crippen LogP contribution < -0.4 is 0 Å². The predicted molar refractivity (Wildman–Crippen MR) is 83.3 cm³/mol. The van der Waals surface area contributed by atoms with E-state index >= 15 is 0 Å². The van der Waals surface area contributed by atoms with E-state index in [0.29, 0.717) is 5.92 Å². The number of rotatable bonds is 6. The monoisotopic (exact) mass is 282 g/mol. The topological polar surface area (TPSA) is 40.5 Å². The zero-order valence-corrected chi connectivity index (χ0v) is 13.3. The van der Waals surface area contributed by atoms with Gasteiger partial charge >= 0.3 is 0 Å². The number of aliphatic hydroxyl groups is 2. The third-order valence-electron chi connectivity index (χ3n) is 5.84. The average molecular weight is 282 g/mol. The standard InChI is InChI=1S/C18H34O2/c1-2-3-14-17(15-10-6-4-7-11-15)18(19,20)16-12-8-5-9-13-16/h15-17,19-20H,2-14H2,1H3. The van der Waals surface area contributed by atoms with Gasteiger partial charge in [-0.2, -0.15) is 0 Å². The zero-order valence-electron chi connectivity index (χ0n) is 13.3. The van der Waals surface area contributed by atoms with Gasteiger partial charge in [0.05, 0.1) is 0 Å². The molecule has 2 saturated carbocycles. The molecule has 2 rings (SSSR count). The lowest BCUT2D eigenvalue weighted by Gasteiger charge is -2.44. The van der Waals surface area contributed by atoms with Crippen molar-refractivity contribution < 1.29 is 10.2 Å². The molecular formula is C18H34O2. The molecule has 2 aliphatic rings. The molecule has 0 aromatic heterocycles. The summed E-state index contributed by atoms with van der Waals surface area (Å²) in [5.41, 5.74) is 0. The van der Waals surface area contributed by atoms with Crippen molar-refractivity contribution >= 4 is 0 Å². The maximum atomic E-state index is 10.9. The van der Waals surface area contributed by atoms with E-state index in [-0.39, 0.29) is 11.8 Å². The largest absolute Gasteiger partial charge is 0.365 e. The minimum absolute atomic E-state index is 0.117. The molecular weight excluding hydrogens is 248 g/mol. The van der Waals surface area contributed by atoms with E-state index < -0.39 is 5.79 Å². The highest BCUT2D eigenvalue weighted by atomic mass is 16.5. The first kappa shape index (κ1) is 16.3. The lowest BCUT2D eigenvalue weighted by molar-refractivity contribution is -0.256. The molecule has 1 unspecified atom stereocenters. The molecule has 0 aliphatic heterocycles. The minimum atomic E-state index is -1.41. The second-order valence-electron chi connectivity index (χ2n) is 7.26. The molecule has 0 bridgehead atoms. The molecule has 0 aromatic carbocycles. The fourth-order valence-electron chi connectivity index (χ4n) is 4.59. The van der Waals surface area contributed by atoms with Gasteiger partial charge in [0.2, 0.25) is 0 Å². The van der Waals surface area contributed by atoms with Gasteiger partial charge in [-0.05, 0) is 38.0 Å².